The highest BCUT2D eigenvalue weighted by Crippen LogP contribution is 2.25. The molecule has 2 aromatic carbocycles. The molecule has 10 nitrogen and oxygen atoms in total. The van der Waals surface area contributed by atoms with Gasteiger partial charge in [0.05, 0.1) is 29.0 Å². The molecule has 1 atom stereocenters. The SMILES string of the molecule is Cc1cccc(-n2nnnc2SC(C)C(=O)Nc2ccc(S(=O)(=O)N3CCOCC3)cc2)c1. The molecule has 0 spiro atoms. The van der Waals surface area contributed by atoms with E-state index < -0.39 is 15.3 Å². The van der Waals surface area contributed by atoms with Crippen LogP contribution < -0.4 is 5.32 Å². The van der Waals surface area contributed by atoms with Gasteiger partial charge in [0.2, 0.25) is 21.1 Å². The van der Waals surface area contributed by atoms with E-state index in [4.69, 9.17) is 4.74 Å². The van der Waals surface area contributed by atoms with Crippen LogP contribution in [0.5, 0.6) is 0 Å². The number of nitrogens with zero attached hydrogens (tertiary/aromatic N) is 5. The Morgan fingerprint density at radius 3 is 2.58 bits per heavy atom. The third kappa shape index (κ3) is 5.41. The van der Waals surface area contributed by atoms with Gasteiger partial charge in [0.1, 0.15) is 0 Å². The molecule has 1 unspecified atom stereocenters. The summed E-state index contributed by atoms with van der Waals surface area (Å²) in [5, 5.41) is 14.6. The maximum Gasteiger partial charge on any atom is 0.243 e. The van der Waals surface area contributed by atoms with Crippen LogP contribution in [0.2, 0.25) is 0 Å². The predicted octanol–water partition coefficient (Wildman–Crippen LogP) is 2.11. The molecule has 174 valence electrons. The van der Waals surface area contributed by atoms with E-state index >= 15 is 0 Å². The van der Waals surface area contributed by atoms with Crippen LogP contribution in [0.1, 0.15) is 12.5 Å². The van der Waals surface area contributed by atoms with Gasteiger partial charge in [-0.25, -0.2) is 8.42 Å². The molecule has 1 aliphatic rings. The van der Waals surface area contributed by atoms with Gasteiger partial charge in [-0.1, -0.05) is 23.9 Å². The number of carbonyl (C=O) groups excluding carboxylic acids is 1. The maximum atomic E-state index is 12.7. The first-order valence-electron chi connectivity index (χ1n) is 10.4. The number of amides is 1. The van der Waals surface area contributed by atoms with Crippen LogP contribution in [0.15, 0.2) is 58.6 Å². The molecule has 1 aliphatic heterocycles. The number of nitrogens with one attached hydrogen (secondary N) is 1. The number of thioether (sulfide) groups is 1. The average Bonchev–Trinajstić information content (AvgIpc) is 3.28. The van der Waals surface area contributed by atoms with E-state index in [9.17, 15) is 13.2 Å². The highest BCUT2D eigenvalue weighted by Gasteiger charge is 2.26. The third-order valence-electron chi connectivity index (χ3n) is 5.07. The minimum atomic E-state index is -3.58. The summed E-state index contributed by atoms with van der Waals surface area (Å²) >= 11 is 1.23. The molecule has 33 heavy (non-hydrogen) atoms. The quantitative estimate of drug-likeness (QED) is 0.502. The van der Waals surface area contributed by atoms with E-state index in [1.807, 2.05) is 31.2 Å². The molecule has 0 aliphatic carbocycles. The van der Waals surface area contributed by atoms with Gasteiger partial charge >= 0.3 is 0 Å². The zero-order chi connectivity index (χ0) is 23.4. The zero-order valence-electron chi connectivity index (χ0n) is 18.2. The second kappa shape index (κ2) is 10.00. The standard InChI is InChI=1S/C21H24N6O4S2/c1-15-4-3-5-18(14-15)27-21(23-24-25-27)32-16(2)20(28)22-17-6-8-19(9-7-17)33(29,30)26-10-12-31-13-11-26/h3-9,14,16H,10-13H2,1-2H3,(H,22,28). The number of rotatable bonds is 7. The van der Waals surface area contributed by atoms with Gasteiger partial charge in [0.15, 0.2) is 0 Å². The van der Waals surface area contributed by atoms with E-state index in [1.54, 1.807) is 23.7 Å². The van der Waals surface area contributed by atoms with Gasteiger partial charge in [0.25, 0.3) is 0 Å². The van der Waals surface area contributed by atoms with Crippen molar-refractivity contribution in [3.05, 3.63) is 54.1 Å². The zero-order valence-corrected chi connectivity index (χ0v) is 19.8. The number of hydrogen-bond donors (Lipinski definition) is 1. The molecule has 0 bridgehead atoms. The van der Waals surface area contributed by atoms with Crippen molar-refractivity contribution in [3.63, 3.8) is 0 Å². The van der Waals surface area contributed by atoms with Crippen molar-refractivity contribution in [1.29, 1.82) is 0 Å². The molecular weight excluding hydrogens is 464 g/mol. The number of aromatic nitrogens is 4. The molecule has 0 saturated carbocycles. The molecule has 1 fully saturated rings. The van der Waals surface area contributed by atoms with Crippen LogP contribution in [0.4, 0.5) is 5.69 Å². The lowest BCUT2D eigenvalue weighted by atomic mass is 10.2. The summed E-state index contributed by atoms with van der Waals surface area (Å²) in [6, 6.07) is 13.9. The van der Waals surface area contributed by atoms with Gasteiger partial charge in [0, 0.05) is 18.8 Å². The number of sulfonamides is 1. The molecule has 4 rings (SSSR count). The van der Waals surface area contributed by atoms with Crippen molar-refractivity contribution in [1.82, 2.24) is 24.5 Å². The van der Waals surface area contributed by atoms with Crippen molar-refractivity contribution >= 4 is 33.4 Å². The number of ether oxygens (including phenoxy) is 1. The van der Waals surface area contributed by atoms with E-state index in [1.165, 1.54) is 28.2 Å². The smallest absolute Gasteiger partial charge is 0.243 e. The highest BCUT2D eigenvalue weighted by molar-refractivity contribution is 8.00. The summed E-state index contributed by atoms with van der Waals surface area (Å²) in [4.78, 5) is 12.9. The van der Waals surface area contributed by atoms with Crippen molar-refractivity contribution in [2.75, 3.05) is 31.6 Å². The van der Waals surface area contributed by atoms with Crippen molar-refractivity contribution < 1.29 is 17.9 Å². The van der Waals surface area contributed by atoms with Crippen LogP contribution in [-0.4, -0.2) is 70.4 Å². The number of hydrogen-bond acceptors (Lipinski definition) is 8. The van der Waals surface area contributed by atoms with Gasteiger partial charge in [-0.05, 0) is 66.2 Å². The molecule has 1 amide bonds. The molecule has 0 radical (unpaired) electrons. The lowest BCUT2D eigenvalue weighted by Gasteiger charge is -2.26. The summed E-state index contributed by atoms with van der Waals surface area (Å²) < 4.78 is 33.7. The Kier molecular flexibility index (Phi) is 7.08. The fourth-order valence-corrected chi connectivity index (χ4v) is 5.49. The minimum absolute atomic E-state index is 0.183. The Hall–Kier alpha value is -2.80. The summed E-state index contributed by atoms with van der Waals surface area (Å²) in [6.45, 7) is 5.17. The fourth-order valence-electron chi connectivity index (χ4n) is 3.28. The van der Waals surface area contributed by atoms with Crippen LogP contribution in [-0.2, 0) is 19.6 Å². The minimum Gasteiger partial charge on any atom is -0.379 e. The molecule has 1 aromatic heterocycles. The van der Waals surface area contributed by atoms with Crippen LogP contribution in [0, 0.1) is 6.92 Å². The number of tetrazole rings is 1. The van der Waals surface area contributed by atoms with E-state index in [2.05, 4.69) is 20.8 Å². The van der Waals surface area contributed by atoms with Crippen molar-refractivity contribution in [2.45, 2.75) is 29.1 Å². The first kappa shape index (κ1) is 23.4. The molecule has 2 heterocycles. The number of anilines is 1. The van der Waals surface area contributed by atoms with Gasteiger partial charge in [-0.15, -0.1) is 5.10 Å². The second-order valence-corrected chi connectivity index (χ2v) is 10.7. The Morgan fingerprint density at radius 2 is 1.88 bits per heavy atom. The molecule has 3 aromatic rings. The van der Waals surface area contributed by atoms with Gasteiger partial charge in [-0.2, -0.15) is 8.99 Å². The fraction of sp³-hybridized carbons (Fsp3) is 0.333. The Morgan fingerprint density at radius 1 is 1.15 bits per heavy atom. The maximum absolute atomic E-state index is 12.7. The van der Waals surface area contributed by atoms with E-state index in [-0.39, 0.29) is 10.8 Å². The number of aryl methyl sites for hydroxylation is 1. The molecule has 1 saturated heterocycles. The van der Waals surface area contributed by atoms with Gasteiger partial charge in [-0.3, -0.25) is 4.79 Å². The lowest BCUT2D eigenvalue weighted by molar-refractivity contribution is -0.115. The van der Waals surface area contributed by atoms with E-state index in [0.29, 0.717) is 37.1 Å². The Labute approximate surface area is 196 Å². The largest absolute Gasteiger partial charge is 0.379 e. The highest BCUT2D eigenvalue weighted by atomic mass is 32.2. The van der Waals surface area contributed by atoms with E-state index in [0.717, 1.165) is 11.3 Å². The first-order chi connectivity index (χ1) is 15.8. The van der Waals surface area contributed by atoms with Gasteiger partial charge < -0.3 is 10.1 Å². The number of morpholine rings is 1. The van der Waals surface area contributed by atoms with Crippen molar-refractivity contribution in [2.24, 2.45) is 0 Å². The normalized spacial score (nSPS) is 15.8. The third-order valence-corrected chi connectivity index (χ3v) is 8.01. The predicted molar refractivity (Wildman–Crippen MR) is 124 cm³/mol. The first-order valence-corrected chi connectivity index (χ1v) is 12.7. The Balaban J connectivity index is 1.40. The summed E-state index contributed by atoms with van der Waals surface area (Å²) in [6.07, 6.45) is 0. The van der Waals surface area contributed by atoms with Crippen molar-refractivity contribution in [3.8, 4) is 5.69 Å². The van der Waals surface area contributed by atoms with Crippen LogP contribution in [0.3, 0.4) is 0 Å². The summed E-state index contributed by atoms with van der Waals surface area (Å²) in [7, 11) is -3.58. The average molecular weight is 489 g/mol. The molecular formula is C21H24N6O4S2. The molecule has 12 heteroatoms. The summed E-state index contributed by atoms with van der Waals surface area (Å²) in [5.74, 6) is -0.248. The Bertz CT molecular complexity index is 1220. The monoisotopic (exact) mass is 488 g/mol. The molecule has 1 N–H and O–H groups in total. The van der Waals surface area contributed by atoms with Crippen LogP contribution >= 0.6 is 11.8 Å². The summed E-state index contributed by atoms with van der Waals surface area (Å²) in [5.41, 5.74) is 2.39. The number of benzene rings is 2. The lowest BCUT2D eigenvalue weighted by Crippen LogP contribution is -2.40. The van der Waals surface area contributed by atoms with Crippen LogP contribution in [0.25, 0.3) is 5.69 Å². The number of carbonyl (C=O) groups is 1. The topological polar surface area (TPSA) is 119 Å². The second-order valence-electron chi connectivity index (χ2n) is 7.50.